The van der Waals surface area contributed by atoms with Crippen LogP contribution in [-0.2, 0) is 6.42 Å². The average Bonchev–Trinajstić information content (AvgIpc) is 2.60. The van der Waals surface area contributed by atoms with Crippen LogP contribution in [0.2, 0.25) is 5.15 Å². The number of nitrogens with zero attached hydrogens (tertiary/aromatic N) is 2. The molecule has 2 rings (SSSR count). The summed E-state index contributed by atoms with van der Waals surface area (Å²) in [5.41, 5.74) is 0. The normalized spacial score (nSPS) is 28.4. The highest BCUT2D eigenvalue weighted by molar-refractivity contribution is 6.29. The van der Waals surface area contributed by atoms with Crippen LogP contribution < -0.4 is 5.32 Å². The van der Waals surface area contributed by atoms with Crippen LogP contribution in [0, 0.1) is 11.8 Å². The number of aryl methyl sites for hydroxylation is 1. The zero-order valence-electron chi connectivity index (χ0n) is 10.7. The van der Waals surface area contributed by atoms with Gasteiger partial charge in [0.1, 0.15) is 16.8 Å². The summed E-state index contributed by atoms with van der Waals surface area (Å²) in [5.74, 6) is 3.15. The third-order valence-corrected chi connectivity index (χ3v) is 4.05. The van der Waals surface area contributed by atoms with Crippen LogP contribution in [0.5, 0.6) is 0 Å². The van der Waals surface area contributed by atoms with E-state index in [1.54, 1.807) is 0 Å². The molecule has 1 heterocycles. The zero-order chi connectivity index (χ0) is 12.4. The first kappa shape index (κ1) is 12.6. The molecule has 0 amide bonds. The van der Waals surface area contributed by atoms with Crippen molar-refractivity contribution >= 4 is 17.4 Å². The molecule has 1 aromatic heterocycles. The molecular weight excluding hydrogens is 234 g/mol. The van der Waals surface area contributed by atoms with E-state index in [4.69, 9.17) is 11.6 Å². The van der Waals surface area contributed by atoms with Gasteiger partial charge in [0.15, 0.2) is 0 Å². The van der Waals surface area contributed by atoms with Crippen molar-refractivity contribution in [3.63, 3.8) is 0 Å². The zero-order valence-corrected chi connectivity index (χ0v) is 11.5. The van der Waals surface area contributed by atoms with Crippen LogP contribution in [-0.4, -0.2) is 16.0 Å². The molecule has 0 spiro atoms. The van der Waals surface area contributed by atoms with Crippen LogP contribution in [0.4, 0.5) is 5.82 Å². The summed E-state index contributed by atoms with van der Waals surface area (Å²) < 4.78 is 0. The van der Waals surface area contributed by atoms with Crippen molar-refractivity contribution in [3.8, 4) is 0 Å². The maximum Gasteiger partial charge on any atom is 0.134 e. The van der Waals surface area contributed by atoms with Gasteiger partial charge in [0.2, 0.25) is 0 Å². The fraction of sp³-hybridized carbons (Fsp3) is 0.692. The summed E-state index contributed by atoms with van der Waals surface area (Å²) in [6.07, 6.45) is 3.32. The van der Waals surface area contributed by atoms with Crippen molar-refractivity contribution < 1.29 is 0 Å². The molecule has 1 fully saturated rings. The van der Waals surface area contributed by atoms with E-state index in [0.29, 0.717) is 17.1 Å². The molecule has 1 aliphatic carbocycles. The fourth-order valence-electron chi connectivity index (χ4n) is 2.46. The largest absolute Gasteiger partial charge is 0.367 e. The van der Waals surface area contributed by atoms with Gasteiger partial charge in [-0.3, -0.25) is 0 Å². The fourth-order valence-corrected chi connectivity index (χ4v) is 2.66. The molecule has 0 aliphatic heterocycles. The van der Waals surface area contributed by atoms with E-state index in [2.05, 4.69) is 29.1 Å². The van der Waals surface area contributed by atoms with E-state index in [9.17, 15) is 0 Å². The Morgan fingerprint density at radius 2 is 2.12 bits per heavy atom. The molecule has 3 unspecified atom stereocenters. The standard InChI is InChI=1S/C13H20ClN3/c1-4-12-16-11(14)7-13(17-12)15-10-6-5-8(2)9(10)3/h7-10H,4-6H2,1-3H3,(H,15,16,17). The Morgan fingerprint density at radius 3 is 2.71 bits per heavy atom. The Morgan fingerprint density at radius 1 is 1.35 bits per heavy atom. The number of anilines is 1. The van der Waals surface area contributed by atoms with Crippen LogP contribution in [0.3, 0.4) is 0 Å². The Balaban J connectivity index is 2.10. The summed E-state index contributed by atoms with van der Waals surface area (Å²) in [7, 11) is 0. The minimum atomic E-state index is 0.515. The molecule has 0 aromatic carbocycles. The Hall–Kier alpha value is -0.830. The second kappa shape index (κ2) is 5.21. The van der Waals surface area contributed by atoms with E-state index in [0.717, 1.165) is 24.0 Å². The van der Waals surface area contributed by atoms with E-state index < -0.39 is 0 Å². The molecule has 0 radical (unpaired) electrons. The average molecular weight is 254 g/mol. The summed E-state index contributed by atoms with van der Waals surface area (Å²) >= 11 is 5.99. The van der Waals surface area contributed by atoms with Gasteiger partial charge in [0.05, 0.1) is 0 Å². The molecule has 0 bridgehead atoms. The van der Waals surface area contributed by atoms with Gasteiger partial charge in [0, 0.05) is 18.5 Å². The lowest BCUT2D eigenvalue weighted by molar-refractivity contribution is 0.435. The molecule has 17 heavy (non-hydrogen) atoms. The molecule has 1 aromatic rings. The second-order valence-corrected chi connectivity index (χ2v) is 5.40. The molecule has 3 atom stereocenters. The first-order valence-electron chi connectivity index (χ1n) is 6.40. The van der Waals surface area contributed by atoms with Crippen molar-refractivity contribution in [2.24, 2.45) is 11.8 Å². The van der Waals surface area contributed by atoms with E-state index in [1.165, 1.54) is 12.8 Å². The predicted octanol–water partition coefficient (Wildman–Crippen LogP) is 3.54. The number of aromatic nitrogens is 2. The van der Waals surface area contributed by atoms with E-state index in [1.807, 2.05) is 13.0 Å². The van der Waals surface area contributed by atoms with Crippen molar-refractivity contribution in [2.45, 2.75) is 46.1 Å². The SMILES string of the molecule is CCc1nc(Cl)cc(NC2CCC(C)C2C)n1. The Labute approximate surface area is 108 Å². The lowest BCUT2D eigenvalue weighted by Crippen LogP contribution is -2.24. The molecule has 4 heteroatoms. The molecule has 1 saturated carbocycles. The van der Waals surface area contributed by atoms with Gasteiger partial charge in [-0.2, -0.15) is 0 Å². The van der Waals surface area contributed by atoms with Gasteiger partial charge in [0.25, 0.3) is 0 Å². The smallest absolute Gasteiger partial charge is 0.134 e. The summed E-state index contributed by atoms with van der Waals surface area (Å²) in [6, 6.07) is 2.33. The van der Waals surface area contributed by atoms with E-state index >= 15 is 0 Å². The minimum Gasteiger partial charge on any atom is -0.367 e. The molecule has 0 saturated heterocycles. The van der Waals surface area contributed by atoms with Gasteiger partial charge in [-0.25, -0.2) is 9.97 Å². The van der Waals surface area contributed by atoms with Crippen LogP contribution in [0.15, 0.2) is 6.07 Å². The van der Waals surface area contributed by atoms with Crippen LogP contribution >= 0.6 is 11.6 Å². The third kappa shape index (κ3) is 2.89. The third-order valence-electron chi connectivity index (χ3n) is 3.86. The van der Waals surface area contributed by atoms with Crippen molar-refractivity contribution in [1.82, 2.24) is 9.97 Å². The van der Waals surface area contributed by atoms with Crippen molar-refractivity contribution in [1.29, 1.82) is 0 Å². The first-order chi connectivity index (χ1) is 8.10. The maximum absolute atomic E-state index is 5.99. The lowest BCUT2D eigenvalue weighted by Gasteiger charge is -2.20. The highest BCUT2D eigenvalue weighted by Gasteiger charge is 2.29. The van der Waals surface area contributed by atoms with Gasteiger partial charge < -0.3 is 5.32 Å². The second-order valence-electron chi connectivity index (χ2n) is 5.01. The number of halogens is 1. The predicted molar refractivity (Wildman–Crippen MR) is 71.4 cm³/mol. The van der Waals surface area contributed by atoms with Crippen LogP contribution in [0.25, 0.3) is 0 Å². The van der Waals surface area contributed by atoms with Crippen LogP contribution in [0.1, 0.15) is 39.4 Å². The number of rotatable bonds is 3. The van der Waals surface area contributed by atoms with Gasteiger partial charge >= 0.3 is 0 Å². The van der Waals surface area contributed by atoms with Crippen molar-refractivity contribution in [3.05, 3.63) is 17.0 Å². The quantitative estimate of drug-likeness (QED) is 0.838. The van der Waals surface area contributed by atoms with Gasteiger partial charge in [-0.1, -0.05) is 32.4 Å². The van der Waals surface area contributed by atoms with Crippen molar-refractivity contribution in [2.75, 3.05) is 5.32 Å². The minimum absolute atomic E-state index is 0.515. The Bertz CT molecular complexity index is 394. The monoisotopic (exact) mass is 253 g/mol. The number of nitrogens with one attached hydrogen (secondary N) is 1. The molecular formula is C13H20ClN3. The Kier molecular flexibility index (Phi) is 3.87. The number of hydrogen-bond donors (Lipinski definition) is 1. The molecule has 1 N–H and O–H groups in total. The summed E-state index contributed by atoms with van der Waals surface area (Å²) in [6.45, 7) is 6.66. The maximum atomic E-state index is 5.99. The van der Waals surface area contributed by atoms with Gasteiger partial charge in [-0.05, 0) is 24.7 Å². The first-order valence-corrected chi connectivity index (χ1v) is 6.78. The molecule has 94 valence electrons. The van der Waals surface area contributed by atoms with Gasteiger partial charge in [-0.15, -0.1) is 0 Å². The lowest BCUT2D eigenvalue weighted by atomic mass is 9.98. The highest BCUT2D eigenvalue weighted by Crippen LogP contribution is 2.33. The highest BCUT2D eigenvalue weighted by atomic mass is 35.5. The summed E-state index contributed by atoms with van der Waals surface area (Å²) in [4.78, 5) is 8.64. The van der Waals surface area contributed by atoms with E-state index in [-0.39, 0.29) is 0 Å². The topological polar surface area (TPSA) is 37.8 Å². The molecule has 1 aliphatic rings. The number of hydrogen-bond acceptors (Lipinski definition) is 3. The summed E-state index contributed by atoms with van der Waals surface area (Å²) in [5, 5.41) is 4.03. The molecule has 3 nitrogen and oxygen atoms in total.